The summed E-state index contributed by atoms with van der Waals surface area (Å²) in [6.07, 6.45) is 0.432. The highest BCUT2D eigenvalue weighted by atomic mass is 79.9. The molecule has 0 radical (unpaired) electrons. The number of nitrogens with one attached hydrogen (secondary N) is 1. The van der Waals surface area contributed by atoms with Crippen molar-refractivity contribution in [2.24, 2.45) is 0 Å². The molecule has 106 valence electrons. The maximum atomic E-state index is 13.8. The van der Waals surface area contributed by atoms with Crippen LogP contribution < -0.4 is 5.32 Å². The van der Waals surface area contributed by atoms with Crippen molar-refractivity contribution in [3.05, 3.63) is 68.7 Å². The molecule has 0 aliphatic heterocycles. The first-order valence-electron chi connectivity index (χ1n) is 6.07. The highest BCUT2D eigenvalue weighted by Gasteiger charge is 2.14. The number of benzene rings is 2. The molecule has 5 heteroatoms. The van der Waals surface area contributed by atoms with Gasteiger partial charge < -0.3 is 5.32 Å². The lowest BCUT2D eigenvalue weighted by atomic mass is 9.98. The number of hydrogen-bond acceptors (Lipinski definition) is 1. The molecule has 0 aliphatic rings. The van der Waals surface area contributed by atoms with Gasteiger partial charge in [-0.15, -0.1) is 0 Å². The Balaban J connectivity index is 2.28. The van der Waals surface area contributed by atoms with Gasteiger partial charge in [-0.05, 0) is 70.9 Å². The van der Waals surface area contributed by atoms with E-state index in [0.29, 0.717) is 21.5 Å². The molecule has 0 amide bonds. The lowest BCUT2D eigenvalue weighted by Crippen LogP contribution is -2.19. The van der Waals surface area contributed by atoms with E-state index in [2.05, 4.69) is 21.2 Å². The van der Waals surface area contributed by atoms with Crippen LogP contribution in [0.25, 0.3) is 0 Å². The van der Waals surface area contributed by atoms with Crippen molar-refractivity contribution < 1.29 is 8.78 Å². The van der Waals surface area contributed by atoms with Gasteiger partial charge in [0.15, 0.2) is 0 Å². The Bertz CT molecular complexity index is 619. The fourth-order valence-electron chi connectivity index (χ4n) is 2.04. The SMILES string of the molecule is CNC(Cc1cc(Cl)ccc1F)c1ccc(F)c(Br)c1. The van der Waals surface area contributed by atoms with E-state index in [4.69, 9.17) is 11.6 Å². The minimum atomic E-state index is -0.322. The fourth-order valence-corrected chi connectivity index (χ4v) is 2.63. The van der Waals surface area contributed by atoms with Gasteiger partial charge in [0.2, 0.25) is 0 Å². The summed E-state index contributed by atoms with van der Waals surface area (Å²) in [6.45, 7) is 0. The molecule has 2 aromatic carbocycles. The van der Waals surface area contributed by atoms with Gasteiger partial charge >= 0.3 is 0 Å². The van der Waals surface area contributed by atoms with Crippen LogP contribution in [0.4, 0.5) is 8.78 Å². The van der Waals surface area contributed by atoms with Crippen molar-refractivity contribution >= 4 is 27.5 Å². The summed E-state index contributed by atoms with van der Waals surface area (Å²) in [6, 6.07) is 9.12. The molecule has 2 rings (SSSR count). The van der Waals surface area contributed by atoms with Crippen LogP contribution in [0, 0.1) is 11.6 Å². The Kier molecular flexibility index (Phi) is 5.13. The molecule has 1 atom stereocenters. The average molecular weight is 361 g/mol. The van der Waals surface area contributed by atoms with Crippen LogP contribution in [0.15, 0.2) is 40.9 Å². The summed E-state index contributed by atoms with van der Waals surface area (Å²) in [4.78, 5) is 0. The van der Waals surface area contributed by atoms with Crippen LogP contribution >= 0.6 is 27.5 Å². The first-order valence-corrected chi connectivity index (χ1v) is 7.24. The lowest BCUT2D eigenvalue weighted by molar-refractivity contribution is 0.552. The van der Waals surface area contributed by atoms with Gasteiger partial charge in [-0.25, -0.2) is 8.78 Å². The molecule has 1 unspecified atom stereocenters. The second-order valence-electron chi connectivity index (χ2n) is 4.45. The Labute approximate surface area is 130 Å². The molecule has 0 saturated carbocycles. The summed E-state index contributed by atoms with van der Waals surface area (Å²) >= 11 is 9.05. The largest absolute Gasteiger partial charge is 0.313 e. The lowest BCUT2D eigenvalue weighted by Gasteiger charge is -2.18. The topological polar surface area (TPSA) is 12.0 Å². The summed E-state index contributed by atoms with van der Waals surface area (Å²) in [5.41, 5.74) is 1.40. The number of rotatable bonds is 4. The first-order chi connectivity index (χ1) is 9.51. The molecular weight excluding hydrogens is 348 g/mol. The summed E-state index contributed by atoms with van der Waals surface area (Å²) in [5, 5.41) is 3.60. The third-order valence-electron chi connectivity index (χ3n) is 3.13. The van der Waals surface area contributed by atoms with Gasteiger partial charge in [0.25, 0.3) is 0 Å². The summed E-state index contributed by atoms with van der Waals surface area (Å²) in [5.74, 6) is -0.617. The Morgan fingerprint density at radius 3 is 2.50 bits per heavy atom. The molecule has 0 bridgehead atoms. The highest BCUT2D eigenvalue weighted by molar-refractivity contribution is 9.10. The van der Waals surface area contributed by atoms with E-state index in [1.165, 1.54) is 18.2 Å². The van der Waals surface area contributed by atoms with Crippen molar-refractivity contribution in [1.29, 1.82) is 0 Å². The average Bonchev–Trinajstić information content (AvgIpc) is 2.43. The molecule has 0 aromatic heterocycles. The van der Waals surface area contributed by atoms with Crippen LogP contribution in [0.3, 0.4) is 0 Å². The van der Waals surface area contributed by atoms with Crippen molar-refractivity contribution in [2.75, 3.05) is 7.05 Å². The Morgan fingerprint density at radius 1 is 1.15 bits per heavy atom. The van der Waals surface area contributed by atoms with E-state index >= 15 is 0 Å². The Morgan fingerprint density at radius 2 is 1.85 bits per heavy atom. The van der Waals surface area contributed by atoms with E-state index in [9.17, 15) is 8.78 Å². The van der Waals surface area contributed by atoms with E-state index < -0.39 is 0 Å². The second-order valence-corrected chi connectivity index (χ2v) is 5.75. The van der Waals surface area contributed by atoms with Crippen LogP contribution in [-0.4, -0.2) is 7.05 Å². The van der Waals surface area contributed by atoms with Gasteiger partial charge in [-0.2, -0.15) is 0 Å². The normalized spacial score (nSPS) is 12.4. The third kappa shape index (κ3) is 3.57. The summed E-state index contributed by atoms with van der Waals surface area (Å²) < 4.78 is 27.4. The maximum Gasteiger partial charge on any atom is 0.137 e. The van der Waals surface area contributed by atoms with Crippen molar-refractivity contribution in [3.8, 4) is 0 Å². The third-order valence-corrected chi connectivity index (χ3v) is 3.97. The van der Waals surface area contributed by atoms with E-state index in [0.717, 1.165) is 5.56 Å². The van der Waals surface area contributed by atoms with Gasteiger partial charge in [0.1, 0.15) is 11.6 Å². The maximum absolute atomic E-state index is 13.8. The van der Waals surface area contributed by atoms with Crippen LogP contribution in [0.1, 0.15) is 17.2 Å². The van der Waals surface area contributed by atoms with Gasteiger partial charge in [0.05, 0.1) is 4.47 Å². The minimum absolute atomic E-state index is 0.125. The van der Waals surface area contributed by atoms with Gasteiger partial charge in [-0.3, -0.25) is 0 Å². The zero-order valence-electron chi connectivity index (χ0n) is 10.8. The quantitative estimate of drug-likeness (QED) is 0.819. The predicted octanol–water partition coefficient (Wildman–Crippen LogP) is 4.88. The number of halogens is 4. The molecular formula is C15H13BrClF2N. The monoisotopic (exact) mass is 359 g/mol. The smallest absolute Gasteiger partial charge is 0.137 e. The predicted molar refractivity (Wildman–Crippen MR) is 81.0 cm³/mol. The van der Waals surface area contributed by atoms with Crippen molar-refractivity contribution in [2.45, 2.75) is 12.5 Å². The van der Waals surface area contributed by atoms with E-state index in [1.807, 2.05) is 0 Å². The molecule has 0 fully saturated rings. The fraction of sp³-hybridized carbons (Fsp3) is 0.200. The molecule has 1 N–H and O–H groups in total. The molecule has 0 saturated heterocycles. The minimum Gasteiger partial charge on any atom is -0.313 e. The highest BCUT2D eigenvalue weighted by Crippen LogP contribution is 2.25. The van der Waals surface area contributed by atoms with Crippen LogP contribution in [0.2, 0.25) is 5.02 Å². The molecule has 2 aromatic rings. The zero-order chi connectivity index (χ0) is 14.7. The molecule has 1 nitrogen and oxygen atoms in total. The summed E-state index contributed by atoms with van der Waals surface area (Å²) in [7, 11) is 1.78. The van der Waals surface area contributed by atoms with E-state index in [1.54, 1.807) is 25.2 Å². The van der Waals surface area contributed by atoms with Crippen LogP contribution in [-0.2, 0) is 6.42 Å². The van der Waals surface area contributed by atoms with E-state index in [-0.39, 0.29) is 17.7 Å². The van der Waals surface area contributed by atoms with Crippen molar-refractivity contribution in [1.82, 2.24) is 5.32 Å². The number of hydrogen-bond donors (Lipinski definition) is 1. The Hall–Kier alpha value is -0.970. The van der Waals surface area contributed by atoms with Crippen LogP contribution in [0.5, 0.6) is 0 Å². The second kappa shape index (κ2) is 6.66. The molecule has 0 spiro atoms. The zero-order valence-corrected chi connectivity index (χ0v) is 13.1. The number of likely N-dealkylation sites (N-methyl/N-ethyl adjacent to an activating group) is 1. The molecule has 20 heavy (non-hydrogen) atoms. The molecule has 0 aliphatic carbocycles. The van der Waals surface area contributed by atoms with Crippen molar-refractivity contribution in [3.63, 3.8) is 0 Å². The van der Waals surface area contributed by atoms with Gasteiger partial charge in [-0.1, -0.05) is 17.7 Å². The molecule has 0 heterocycles. The standard InChI is InChI=1S/C15H13BrClF2N/c1-20-15(9-2-4-14(19)12(16)7-9)8-10-6-11(17)3-5-13(10)18/h2-7,15,20H,8H2,1H3. The first kappa shape index (κ1) is 15.4. The van der Waals surface area contributed by atoms with Gasteiger partial charge in [0, 0.05) is 11.1 Å².